The summed E-state index contributed by atoms with van der Waals surface area (Å²) in [6.45, 7) is 2.36. The van der Waals surface area contributed by atoms with Crippen LogP contribution in [0.15, 0.2) is 51.8 Å². The minimum atomic E-state index is -3.89. The van der Waals surface area contributed by atoms with Gasteiger partial charge in [-0.3, -0.25) is 14.9 Å². The molecule has 2 aromatic carbocycles. The minimum absolute atomic E-state index is 0.0755. The molecule has 1 aliphatic heterocycles. The van der Waals surface area contributed by atoms with Crippen LogP contribution in [0, 0.1) is 17.0 Å². The van der Waals surface area contributed by atoms with Crippen molar-refractivity contribution in [3.05, 3.63) is 68.2 Å². The minimum Gasteiger partial charge on any atom is -0.336 e. The summed E-state index contributed by atoms with van der Waals surface area (Å²) in [6.07, 6.45) is 0. The number of nitrogens with zero attached hydrogens (tertiary/aromatic N) is 3. The summed E-state index contributed by atoms with van der Waals surface area (Å²) in [5.41, 5.74) is 0.700. The Bertz CT molecular complexity index is 1030. The van der Waals surface area contributed by atoms with Crippen LogP contribution in [0.2, 0.25) is 0 Å². The molecule has 0 aliphatic carbocycles. The lowest BCUT2D eigenvalue weighted by atomic mass is 10.2. The van der Waals surface area contributed by atoms with Gasteiger partial charge in [0.1, 0.15) is 0 Å². The van der Waals surface area contributed by atoms with Crippen molar-refractivity contribution in [2.75, 3.05) is 26.2 Å². The summed E-state index contributed by atoms with van der Waals surface area (Å²) >= 11 is 3.33. The van der Waals surface area contributed by atoms with Gasteiger partial charge in [0.15, 0.2) is 0 Å². The number of amides is 1. The molecule has 0 N–H and O–H groups in total. The van der Waals surface area contributed by atoms with E-state index in [1.54, 1.807) is 30.0 Å². The Morgan fingerprint density at radius 2 is 1.79 bits per heavy atom. The predicted octanol–water partition coefficient (Wildman–Crippen LogP) is 2.81. The van der Waals surface area contributed by atoms with Crippen LogP contribution in [0.25, 0.3) is 0 Å². The smallest absolute Gasteiger partial charge is 0.270 e. The normalized spacial score (nSPS) is 15.4. The molecule has 1 saturated heterocycles. The Labute approximate surface area is 171 Å². The van der Waals surface area contributed by atoms with Crippen molar-refractivity contribution >= 4 is 37.5 Å². The number of benzene rings is 2. The van der Waals surface area contributed by atoms with E-state index in [-0.39, 0.29) is 42.7 Å². The van der Waals surface area contributed by atoms with Crippen LogP contribution < -0.4 is 0 Å². The number of halogens is 1. The molecule has 0 atom stereocenters. The third-order valence-electron chi connectivity index (χ3n) is 4.60. The van der Waals surface area contributed by atoms with Crippen LogP contribution in [0.4, 0.5) is 5.69 Å². The first-order valence-electron chi connectivity index (χ1n) is 8.50. The molecule has 28 heavy (non-hydrogen) atoms. The molecule has 3 rings (SSSR count). The third-order valence-corrected chi connectivity index (χ3v) is 7.13. The molecule has 0 spiro atoms. The van der Waals surface area contributed by atoms with E-state index < -0.39 is 14.9 Å². The summed E-state index contributed by atoms with van der Waals surface area (Å²) in [4.78, 5) is 24.5. The highest BCUT2D eigenvalue weighted by molar-refractivity contribution is 9.10. The van der Waals surface area contributed by atoms with E-state index in [1.165, 1.54) is 16.4 Å². The number of carbonyl (C=O) groups is 1. The van der Waals surface area contributed by atoms with E-state index in [0.717, 1.165) is 10.5 Å². The topological polar surface area (TPSA) is 101 Å². The fourth-order valence-corrected chi connectivity index (χ4v) is 5.12. The number of nitro groups is 1. The zero-order chi connectivity index (χ0) is 20.5. The van der Waals surface area contributed by atoms with Gasteiger partial charge in [0.05, 0.1) is 9.82 Å². The van der Waals surface area contributed by atoms with Crippen molar-refractivity contribution in [2.24, 2.45) is 0 Å². The first-order valence-corrected chi connectivity index (χ1v) is 10.7. The van der Waals surface area contributed by atoms with E-state index in [2.05, 4.69) is 15.9 Å². The number of aryl methyl sites for hydroxylation is 1. The van der Waals surface area contributed by atoms with Crippen molar-refractivity contribution in [3.63, 3.8) is 0 Å². The molecular formula is C18H18BrN3O5S. The van der Waals surface area contributed by atoms with Gasteiger partial charge in [0, 0.05) is 48.3 Å². The van der Waals surface area contributed by atoms with Gasteiger partial charge >= 0.3 is 0 Å². The first kappa shape index (κ1) is 20.4. The Morgan fingerprint density at radius 3 is 2.39 bits per heavy atom. The average molecular weight is 468 g/mol. The number of sulfonamides is 1. The van der Waals surface area contributed by atoms with Crippen LogP contribution in [0.5, 0.6) is 0 Å². The number of rotatable bonds is 4. The van der Waals surface area contributed by atoms with Gasteiger partial charge in [0.2, 0.25) is 10.0 Å². The molecule has 1 aliphatic rings. The van der Waals surface area contributed by atoms with Gasteiger partial charge in [-0.1, -0.05) is 28.1 Å². The molecule has 1 fully saturated rings. The van der Waals surface area contributed by atoms with E-state index in [4.69, 9.17) is 0 Å². The Kier molecular flexibility index (Phi) is 5.82. The second-order valence-electron chi connectivity index (χ2n) is 6.41. The van der Waals surface area contributed by atoms with Crippen molar-refractivity contribution < 1.29 is 18.1 Å². The van der Waals surface area contributed by atoms with E-state index in [0.29, 0.717) is 11.1 Å². The number of non-ortho nitro benzene ring substituents is 1. The Balaban J connectivity index is 1.76. The fourth-order valence-electron chi connectivity index (χ4n) is 3.05. The van der Waals surface area contributed by atoms with Gasteiger partial charge in [-0.05, 0) is 30.7 Å². The molecule has 0 saturated carbocycles. The van der Waals surface area contributed by atoms with Crippen molar-refractivity contribution in [1.29, 1.82) is 0 Å². The zero-order valence-corrected chi connectivity index (χ0v) is 17.4. The van der Waals surface area contributed by atoms with Crippen LogP contribution in [-0.2, 0) is 10.0 Å². The molecule has 1 amide bonds. The summed E-state index contributed by atoms with van der Waals surface area (Å²) in [5.74, 6) is -0.162. The number of hydrogen-bond donors (Lipinski definition) is 0. The largest absolute Gasteiger partial charge is 0.336 e. The quantitative estimate of drug-likeness (QED) is 0.508. The van der Waals surface area contributed by atoms with Crippen LogP contribution in [0.3, 0.4) is 0 Å². The van der Waals surface area contributed by atoms with Crippen molar-refractivity contribution in [1.82, 2.24) is 9.21 Å². The molecule has 8 nitrogen and oxygen atoms in total. The SMILES string of the molecule is Cc1ccc([N+](=O)[O-])cc1S(=O)(=O)N1CCN(C(=O)c2cccc(Br)c2)CC1. The molecule has 0 unspecified atom stereocenters. The maximum absolute atomic E-state index is 13.0. The third kappa shape index (κ3) is 4.08. The monoisotopic (exact) mass is 467 g/mol. The van der Waals surface area contributed by atoms with Crippen LogP contribution in [-0.4, -0.2) is 54.6 Å². The summed E-state index contributed by atoms with van der Waals surface area (Å²) in [6, 6.07) is 10.8. The van der Waals surface area contributed by atoms with Gasteiger partial charge in [-0.25, -0.2) is 8.42 Å². The highest BCUT2D eigenvalue weighted by atomic mass is 79.9. The van der Waals surface area contributed by atoms with Gasteiger partial charge in [-0.2, -0.15) is 4.31 Å². The fraction of sp³-hybridized carbons (Fsp3) is 0.278. The molecular weight excluding hydrogens is 450 g/mol. The van der Waals surface area contributed by atoms with Crippen molar-refractivity contribution in [2.45, 2.75) is 11.8 Å². The molecule has 0 bridgehead atoms. The summed E-state index contributed by atoms with van der Waals surface area (Å²) < 4.78 is 28.0. The number of hydrogen-bond acceptors (Lipinski definition) is 5. The molecule has 148 valence electrons. The van der Waals surface area contributed by atoms with E-state index in [9.17, 15) is 23.3 Å². The van der Waals surface area contributed by atoms with E-state index >= 15 is 0 Å². The second kappa shape index (κ2) is 7.98. The molecule has 0 radical (unpaired) electrons. The predicted molar refractivity (Wildman–Crippen MR) is 107 cm³/mol. The summed E-state index contributed by atoms with van der Waals surface area (Å²) in [7, 11) is -3.89. The maximum atomic E-state index is 13.0. The second-order valence-corrected chi connectivity index (χ2v) is 9.24. The number of carbonyl (C=O) groups excluding carboxylic acids is 1. The lowest BCUT2D eigenvalue weighted by Crippen LogP contribution is -2.50. The van der Waals surface area contributed by atoms with Gasteiger partial charge in [0.25, 0.3) is 11.6 Å². The van der Waals surface area contributed by atoms with E-state index in [1.807, 2.05) is 6.07 Å². The number of nitro benzene ring substituents is 1. The highest BCUT2D eigenvalue weighted by Crippen LogP contribution is 2.26. The van der Waals surface area contributed by atoms with Crippen molar-refractivity contribution in [3.8, 4) is 0 Å². The first-order chi connectivity index (χ1) is 13.2. The number of piperazine rings is 1. The summed E-state index contributed by atoms with van der Waals surface area (Å²) in [5, 5.41) is 11.0. The molecule has 0 aromatic heterocycles. The van der Waals surface area contributed by atoms with Crippen LogP contribution >= 0.6 is 15.9 Å². The van der Waals surface area contributed by atoms with Gasteiger partial charge in [-0.15, -0.1) is 0 Å². The average Bonchev–Trinajstić information content (AvgIpc) is 2.67. The lowest BCUT2D eigenvalue weighted by molar-refractivity contribution is -0.385. The molecule has 1 heterocycles. The highest BCUT2D eigenvalue weighted by Gasteiger charge is 2.32. The van der Waals surface area contributed by atoms with Crippen LogP contribution in [0.1, 0.15) is 15.9 Å². The maximum Gasteiger partial charge on any atom is 0.270 e. The zero-order valence-electron chi connectivity index (χ0n) is 15.0. The molecule has 2 aromatic rings. The van der Waals surface area contributed by atoms with Gasteiger partial charge < -0.3 is 4.90 Å². The molecule has 10 heteroatoms. The lowest BCUT2D eigenvalue weighted by Gasteiger charge is -2.34. The Hall–Kier alpha value is -2.30. The standard InChI is InChI=1S/C18H18BrN3O5S/c1-13-5-6-16(22(24)25)12-17(13)28(26,27)21-9-7-20(8-10-21)18(23)14-3-2-4-15(19)11-14/h2-6,11-12H,7-10H2,1H3. The Morgan fingerprint density at radius 1 is 1.11 bits per heavy atom.